The molecule has 5 saturated heterocycles. The lowest BCUT2D eigenvalue weighted by atomic mass is 9.75. The van der Waals surface area contributed by atoms with Crippen LogP contribution in [0.3, 0.4) is 0 Å². The molecule has 0 saturated carbocycles. The maximum atomic E-state index is 6.26. The first-order valence-electron chi connectivity index (χ1n) is 15.8. The lowest BCUT2D eigenvalue weighted by Gasteiger charge is -2.56. The molecule has 4 aromatic heterocycles. The number of fused-ring (bicyclic) bond motifs is 3. The van der Waals surface area contributed by atoms with Crippen molar-refractivity contribution in [3.63, 3.8) is 0 Å². The number of ether oxygens (including phenoxy) is 3. The van der Waals surface area contributed by atoms with E-state index in [0.717, 1.165) is 86.4 Å². The molecule has 0 aliphatic carbocycles. The van der Waals surface area contributed by atoms with Crippen molar-refractivity contribution in [3.05, 3.63) is 60.3 Å². The second-order valence-corrected chi connectivity index (χ2v) is 13.0. The quantitative estimate of drug-likeness (QED) is 0.286. The number of piperazine rings is 1. The van der Waals surface area contributed by atoms with Crippen LogP contribution in [0.2, 0.25) is 0 Å². The van der Waals surface area contributed by atoms with Crippen molar-refractivity contribution in [2.24, 2.45) is 5.41 Å². The third-order valence-corrected chi connectivity index (χ3v) is 9.92. The van der Waals surface area contributed by atoms with Gasteiger partial charge in [0.2, 0.25) is 5.88 Å². The fourth-order valence-electron chi connectivity index (χ4n) is 7.63. The molecule has 0 N–H and O–H groups in total. The molecule has 4 aromatic rings. The van der Waals surface area contributed by atoms with Crippen molar-refractivity contribution in [1.82, 2.24) is 34.4 Å². The summed E-state index contributed by atoms with van der Waals surface area (Å²) >= 11 is 0. The second kappa shape index (κ2) is 11.3. The van der Waals surface area contributed by atoms with E-state index in [1.54, 1.807) is 7.11 Å². The van der Waals surface area contributed by atoms with Crippen LogP contribution in [0, 0.1) is 12.3 Å². The Labute approximate surface area is 257 Å². The molecule has 0 amide bonds. The third kappa shape index (κ3) is 5.16. The largest absolute Gasteiger partial charge is 0.491 e. The first-order chi connectivity index (χ1) is 21.6. The minimum atomic E-state index is 0.380. The van der Waals surface area contributed by atoms with Gasteiger partial charge < -0.3 is 19.1 Å². The number of hydrogen-bond acceptors (Lipinski definition) is 10. The molecule has 5 aliphatic rings. The zero-order chi connectivity index (χ0) is 29.7. The van der Waals surface area contributed by atoms with E-state index in [1.807, 2.05) is 41.6 Å². The molecular weight excluding hydrogens is 556 g/mol. The number of methoxy groups -OCH3 is 1. The number of pyridine rings is 2. The van der Waals surface area contributed by atoms with E-state index >= 15 is 0 Å². The summed E-state index contributed by atoms with van der Waals surface area (Å²) in [6.45, 7) is 10.5. The molecule has 5 aliphatic heterocycles. The minimum Gasteiger partial charge on any atom is -0.491 e. The van der Waals surface area contributed by atoms with E-state index in [9.17, 15) is 0 Å². The van der Waals surface area contributed by atoms with Crippen molar-refractivity contribution < 1.29 is 14.2 Å². The standard InChI is InChI=1S/C33H40N8O3/c1-23-12-37-41-19-27(44-9-7-38-20-33(21-38)6-3-8-43-22-33)11-28(32(23)41)29-14-35-30(15-34-29)39-17-25-10-26(18-39)40(25)16-24-4-5-31(42-2)36-13-24/h4-5,11-15,19,25-26H,3,6-10,16-18,20-22H2,1-2H3. The first kappa shape index (κ1) is 27.7. The van der Waals surface area contributed by atoms with Gasteiger partial charge in [-0.25, -0.2) is 14.5 Å². The van der Waals surface area contributed by atoms with E-state index in [4.69, 9.17) is 24.2 Å². The Morgan fingerprint density at radius 1 is 1.05 bits per heavy atom. The van der Waals surface area contributed by atoms with Gasteiger partial charge in [0, 0.05) is 81.2 Å². The predicted octanol–water partition coefficient (Wildman–Crippen LogP) is 3.46. The van der Waals surface area contributed by atoms with Gasteiger partial charge >= 0.3 is 0 Å². The smallest absolute Gasteiger partial charge is 0.212 e. The molecule has 2 unspecified atom stereocenters. The lowest BCUT2D eigenvalue weighted by Crippen LogP contribution is -2.68. The van der Waals surface area contributed by atoms with Gasteiger partial charge in [-0.15, -0.1) is 0 Å². The van der Waals surface area contributed by atoms with Crippen LogP contribution in [0.4, 0.5) is 5.82 Å². The molecule has 2 atom stereocenters. The summed E-state index contributed by atoms with van der Waals surface area (Å²) in [5, 5.41) is 4.58. The molecule has 11 nitrogen and oxygen atoms in total. The molecule has 0 aromatic carbocycles. The van der Waals surface area contributed by atoms with Gasteiger partial charge in [0.05, 0.1) is 49.7 Å². The molecule has 1 spiro atoms. The van der Waals surface area contributed by atoms with Crippen molar-refractivity contribution in [3.8, 4) is 22.9 Å². The molecule has 11 heteroatoms. The maximum Gasteiger partial charge on any atom is 0.212 e. The highest BCUT2D eigenvalue weighted by Crippen LogP contribution is 2.38. The molecule has 5 fully saturated rings. The van der Waals surface area contributed by atoms with Gasteiger partial charge in [0.25, 0.3) is 0 Å². The Hall–Kier alpha value is -3.80. The summed E-state index contributed by atoms with van der Waals surface area (Å²) in [7, 11) is 1.65. The van der Waals surface area contributed by atoms with Gasteiger partial charge in [-0.2, -0.15) is 5.10 Å². The van der Waals surface area contributed by atoms with Crippen molar-refractivity contribution in [2.75, 3.05) is 64.6 Å². The summed E-state index contributed by atoms with van der Waals surface area (Å²) < 4.78 is 19.1. The maximum absolute atomic E-state index is 6.26. The van der Waals surface area contributed by atoms with E-state index in [-0.39, 0.29) is 0 Å². The summed E-state index contributed by atoms with van der Waals surface area (Å²) in [4.78, 5) is 21.6. The number of rotatable bonds is 9. The van der Waals surface area contributed by atoms with Crippen molar-refractivity contribution in [1.29, 1.82) is 0 Å². The number of anilines is 1. The lowest BCUT2D eigenvalue weighted by molar-refractivity contribution is -0.102. The molecule has 44 heavy (non-hydrogen) atoms. The summed E-state index contributed by atoms with van der Waals surface area (Å²) in [6, 6.07) is 7.15. The summed E-state index contributed by atoms with van der Waals surface area (Å²) in [5.74, 6) is 2.37. The summed E-state index contributed by atoms with van der Waals surface area (Å²) in [6.07, 6.45) is 13.3. The molecule has 2 bridgehead atoms. The fraction of sp³-hybridized carbons (Fsp3) is 0.515. The van der Waals surface area contributed by atoms with Crippen LogP contribution in [0.5, 0.6) is 11.6 Å². The van der Waals surface area contributed by atoms with Gasteiger partial charge in [-0.3, -0.25) is 14.8 Å². The third-order valence-electron chi connectivity index (χ3n) is 9.92. The average molecular weight is 597 g/mol. The zero-order valence-corrected chi connectivity index (χ0v) is 25.6. The zero-order valence-electron chi connectivity index (χ0n) is 25.6. The van der Waals surface area contributed by atoms with Crippen LogP contribution in [-0.4, -0.2) is 106 Å². The number of nitrogens with zero attached hydrogens (tertiary/aromatic N) is 8. The average Bonchev–Trinajstić information content (AvgIpc) is 3.43. The molecule has 9 rings (SSSR count). The predicted molar refractivity (Wildman–Crippen MR) is 166 cm³/mol. The van der Waals surface area contributed by atoms with Gasteiger partial charge in [-0.05, 0) is 43.4 Å². The highest BCUT2D eigenvalue weighted by Gasteiger charge is 2.45. The Morgan fingerprint density at radius 2 is 1.93 bits per heavy atom. The first-order valence-corrected chi connectivity index (χ1v) is 15.8. The Kier molecular flexibility index (Phi) is 7.11. The summed E-state index contributed by atoms with van der Waals surface area (Å²) in [5.41, 5.74) is 5.54. The van der Waals surface area contributed by atoms with Crippen LogP contribution in [0.15, 0.2) is 49.2 Å². The number of likely N-dealkylation sites (tertiary alicyclic amines) is 1. The second-order valence-electron chi connectivity index (χ2n) is 13.0. The van der Waals surface area contributed by atoms with E-state index in [0.29, 0.717) is 30.0 Å². The highest BCUT2D eigenvalue weighted by molar-refractivity contribution is 5.81. The van der Waals surface area contributed by atoms with Gasteiger partial charge in [0.1, 0.15) is 18.2 Å². The Morgan fingerprint density at radius 3 is 2.66 bits per heavy atom. The van der Waals surface area contributed by atoms with Crippen LogP contribution < -0.4 is 14.4 Å². The fourth-order valence-corrected chi connectivity index (χ4v) is 7.63. The number of aromatic nitrogens is 5. The van der Waals surface area contributed by atoms with Crippen LogP contribution >= 0.6 is 0 Å². The normalized spacial score (nSPS) is 23.0. The van der Waals surface area contributed by atoms with Gasteiger partial charge in [0.15, 0.2) is 0 Å². The van der Waals surface area contributed by atoms with Gasteiger partial charge in [-0.1, -0.05) is 6.07 Å². The molecule has 0 radical (unpaired) electrons. The molecule has 9 heterocycles. The SMILES string of the molecule is COc1ccc(CN2C3CC2CN(c2cnc(-c4cc(OCCN5CC6(CCCOC6)C5)cn5ncc(C)c45)cn2)C3)cn1. The number of piperidine rings is 1. The number of hydrogen-bond donors (Lipinski definition) is 0. The molecule has 230 valence electrons. The van der Waals surface area contributed by atoms with E-state index < -0.39 is 0 Å². The van der Waals surface area contributed by atoms with Crippen LogP contribution in [0.1, 0.15) is 30.4 Å². The topological polar surface area (TPSA) is 93.4 Å². The highest BCUT2D eigenvalue weighted by atomic mass is 16.5. The van der Waals surface area contributed by atoms with E-state index in [2.05, 4.69) is 43.8 Å². The van der Waals surface area contributed by atoms with Crippen LogP contribution in [-0.2, 0) is 11.3 Å². The van der Waals surface area contributed by atoms with Crippen LogP contribution in [0.25, 0.3) is 16.8 Å². The van der Waals surface area contributed by atoms with E-state index in [1.165, 1.54) is 24.8 Å². The Balaban J connectivity index is 0.917. The Bertz CT molecular complexity index is 1600. The monoisotopic (exact) mass is 596 g/mol. The number of aryl methyl sites for hydroxylation is 1. The minimum absolute atomic E-state index is 0.380. The molecular formula is C33H40N8O3. The van der Waals surface area contributed by atoms with Crippen molar-refractivity contribution in [2.45, 2.75) is 44.8 Å². The van der Waals surface area contributed by atoms with Crippen molar-refractivity contribution >= 4 is 11.3 Å².